The molecule has 88 valence electrons. The Labute approximate surface area is 108 Å². The van der Waals surface area contributed by atoms with Crippen LogP contribution in [-0.2, 0) is 11.9 Å². The zero-order valence-electron chi connectivity index (χ0n) is 9.11. The van der Waals surface area contributed by atoms with Crippen molar-refractivity contribution in [3.63, 3.8) is 0 Å². The maximum Gasteiger partial charge on any atom is 0.254 e. The second kappa shape index (κ2) is 5.63. The van der Waals surface area contributed by atoms with Crippen LogP contribution >= 0.6 is 15.9 Å². The van der Waals surface area contributed by atoms with E-state index in [1.807, 2.05) is 18.2 Å². The Hall–Kier alpha value is -1.62. The number of nitrogens with one attached hydrogen (secondary N) is 2. The summed E-state index contributed by atoms with van der Waals surface area (Å²) in [6, 6.07) is 8.07. The third kappa shape index (κ3) is 3.17. The van der Waals surface area contributed by atoms with Gasteiger partial charge in [-0.3, -0.25) is 9.89 Å². The Bertz CT molecular complexity index is 496. The molecule has 0 bridgehead atoms. The van der Waals surface area contributed by atoms with Gasteiger partial charge in [0.25, 0.3) is 5.91 Å². The molecule has 1 aromatic heterocycles. The van der Waals surface area contributed by atoms with Crippen LogP contribution in [0.1, 0.15) is 21.5 Å². The number of aromatic amines is 1. The molecule has 0 aliphatic rings. The number of aromatic nitrogens is 2. The minimum absolute atomic E-state index is 0.122. The maximum absolute atomic E-state index is 11.7. The van der Waals surface area contributed by atoms with Crippen LogP contribution in [0.15, 0.2) is 36.7 Å². The Morgan fingerprint density at radius 3 is 2.94 bits per heavy atom. The minimum atomic E-state index is -0.122. The fraction of sp³-hybridized carbons (Fsp3) is 0.167. The predicted octanol–water partition coefficient (Wildman–Crippen LogP) is 2.23. The standard InChI is InChI=1S/C12H12BrN3O/c13-5-9-2-1-3-10(4-9)6-14-12(17)11-7-15-16-8-11/h1-4,7-8H,5-6H2,(H,14,17)(H,15,16). The van der Waals surface area contributed by atoms with Crippen LogP contribution in [0.4, 0.5) is 0 Å². The summed E-state index contributed by atoms with van der Waals surface area (Å²) in [5.74, 6) is -0.122. The first-order valence-electron chi connectivity index (χ1n) is 5.20. The normalized spacial score (nSPS) is 10.2. The third-order valence-electron chi connectivity index (χ3n) is 2.36. The number of carbonyl (C=O) groups excluding carboxylic acids is 1. The van der Waals surface area contributed by atoms with E-state index in [4.69, 9.17) is 0 Å². The molecule has 0 atom stereocenters. The Balaban J connectivity index is 1.95. The molecule has 0 fully saturated rings. The number of nitrogens with zero attached hydrogens (tertiary/aromatic N) is 1. The van der Waals surface area contributed by atoms with Crippen LogP contribution in [-0.4, -0.2) is 16.1 Å². The van der Waals surface area contributed by atoms with Gasteiger partial charge in [0.2, 0.25) is 0 Å². The van der Waals surface area contributed by atoms with Crippen molar-refractivity contribution in [2.45, 2.75) is 11.9 Å². The number of halogens is 1. The van der Waals surface area contributed by atoms with E-state index in [0.29, 0.717) is 12.1 Å². The number of hydrogen-bond donors (Lipinski definition) is 2. The van der Waals surface area contributed by atoms with Gasteiger partial charge in [-0.1, -0.05) is 40.2 Å². The molecule has 0 aliphatic heterocycles. The lowest BCUT2D eigenvalue weighted by Gasteiger charge is -2.05. The molecule has 0 spiro atoms. The van der Waals surface area contributed by atoms with Crippen molar-refractivity contribution in [1.82, 2.24) is 15.5 Å². The smallest absolute Gasteiger partial charge is 0.254 e. The van der Waals surface area contributed by atoms with E-state index < -0.39 is 0 Å². The second-order valence-electron chi connectivity index (χ2n) is 3.62. The van der Waals surface area contributed by atoms with E-state index in [1.165, 1.54) is 11.8 Å². The van der Waals surface area contributed by atoms with Crippen LogP contribution in [0.25, 0.3) is 0 Å². The summed E-state index contributed by atoms with van der Waals surface area (Å²) in [5.41, 5.74) is 2.82. The minimum Gasteiger partial charge on any atom is -0.348 e. The highest BCUT2D eigenvalue weighted by Crippen LogP contribution is 2.08. The van der Waals surface area contributed by atoms with Crippen molar-refractivity contribution in [1.29, 1.82) is 0 Å². The molecule has 0 saturated heterocycles. The van der Waals surface area contributed by atoms with Gasteiger partial charge < -0.3 is 5.32 Å². The SMILES string of the molecule is O=C(NCc1cccc(CBr)c1)c1cn[nH]c1. The maximum atomic E-state index is 11.7. The molecular weight excluding hydrogens is 282 g/mol. The van der Waals surface area contributed by atoms with E-state index in [1.54, 1.807) is 6.20 Å². The largest absolute Gasteiger partial charge is 0.348 e. The van der Waals surface area contributed by atoms with Gasteiger partial charge in [-0.2, -0.15) is 5.10 Å². The zero-order valence-corrected chi connectivity index (χ0v) is 10.7. The molecule has 0 unspecified atom stereocenters. The van der Waals surface area contributed by atoms with Gasteiger partial charge >= 0.3 is 0 Å². The first-order chi connectivity index (χ1) is 8.29. The molecule has 2 aromatic rings. The summed E-state index contributed by atoms with van der Waals surface area (Å²) in [4.78, 5) is 11.7. The number of carbonyl (C=O) groups is 1. The van der Waals surface area contributed by atoms with Crippen LogP contribution in [0.3, 0.4) is 0 Å². The molecule has 0 saturated carbocycles. The van der Waals surface area contributed by atoms with E-state index in [2.05, 4.69) is 37.5 Å². The molecule has 2 N–H and O–H groups in total. The van der Waals surface area contributed by atoms with E-state index >= 15 is 0 Å². The molecule has 2 rings (SSSR count). The third-order valence-corrected chi connectivity index (χ3v) is 3.01. The molecule has 4 nitrogen and oxygen atoms in total. The molecule has 0 aliphatic carbocycles. The van der Waals surface area contributed by atoms with Gasteiger partial charge in [0.15, 0.2) is 0 Å². The van der Waals surface area contributed by atoms with Crippen molar-refractivity contribution < 1.29 is 4.79 Å². The van der Waals surface area contributed by atoms with Crippen LogP contribution in [0.5, 0.6) is 0 Å². The number of H-pyrrole nitrogens is 1. The Kier molecular flexibility index (Phi) is 3.93. The highest BCUT2D eigenvalue weighted by atomic mass is 79.9. The van der Waals surface area contributed by atoms with Crippen LogP contribution < -0.4 is 5.32 Å². The van der Waals surface area contributed by atoms with Crippen molar-refractivity contribution in [3.8, 4) is 0 Å². The summed E-state index contributed by atoms with van der Waals surface area (Å²) in [7, 11) is 0. The van der Waals surface area contributed by atoms with Crippen LogP contribution in [0, 0.1) is 0 Å². The number of benzene rings is 1. The lowest BCUT2D eigenvalue weighted by Crippen LogP contribution is -2.22. The van der Waals surface area contributed by atoms with Gasteiger partial charge in [-0.15, -0.1) is 0 Å². The van der Waals surface area contributed by atoms with Crippen molar-refractivity contribution >= 4 is 21.8 Å². The summed E-state index contributed by atoms with van der Waals surface area (Å²) in [5, 5.41) is 10.00. The van der Waals surface area contributed by atoms with Gasteiger partial charge in [0, 0.05) is 18.1 Å². The molecule has 1 aromatic carbocycles. The quantitative estimate of drug-likeness (QED) is 0.850. The molecule has 1 amide bonds. The first-order valence-corrected chi connectivity index (χ1v) is 6.32. The second-order valence-corrected chi connectivity index (χ2v) is 4.18. The van der Waals surface area contributed by atoms with E-state index in [0.717, 1.165) is 10.9 Å². The number of rotatable bonds is 4. The van der Waals surface area contributed by atoms with Crippen molar-refractivity contribution in [3.05, 3.63) is 53.3 Å². The number of alkyl halides is 1. The topological polar surface area (TPSA) is 57.8 Å². The van der Waals surface area contributed by atoms with Gasteiger partial charge in [0.1, 0.15) is 0 Å². The predicted molar refractivity (Wildman–Crippen MR) is 68.8 cm³/mol. The number of hydrogen-bond acceptors (Lipinski definition) is 2. The fourth-order valence-electron chi connectivity index (χ4n) is 1.48. The summed E-state index contributed by atoms with van der Waals surface area (Å²) >= 11 is 3.40. The Morgan fingerprint density at radius 2 is 2.24 bits per heavy atom. The molecule has 5 heteroatoms. The molecular formula is C12H12BrN3O. The monoisotopic (exact) mass is 293 g/mol. The lowest BCUT2D eigenvalue weighted by molar-refractivity contribution is 0.0951. The first kappa shape index (κ1) is 11.9. The average Bonchev–Trinajstić information content (AvgIpc) is 2.90. The van der Waals surface area contributed by atoms with Gasteiger partial charge in [-0.25, -0.2) is 0 Å². The fourth-order valence-corrected chi connectivity index (χ4v) is 1.83. The Morgan fingerprint density at radius 1 is 1.41 bits per heavy atom. The molecule has 0 radical (unpaired) electrons. The molecule has 17 heavy (non-hydrogen) atoms. The zero-order chi connectivity index (χ0) is 12.1. The highest BCUT2D eigenvalue weighted by molar-refractivity contribution is 9.08. The van der Waals surface area contributed by atoms with Crippen molar-refractivity contribution in [2.24, 2.45) is 0 Å². The number of amides is 1. The van der Waals surface area contributed by atoms with Gasteiger partial charge in [-0.05, 0) is 11.1 Å². The summed E-state index contributed by atoms with van der Waals surface area (Å²) in [6.07, 6.45) is 3.08. The summed E-state index contributed by atoms with van der Waals surface area (Å²) < 4.78 is 0. The highest BCUT2D eigenvalue weighted by Gasteiger charge is 2.05. The molecule has 1 heterocycles. The van der Waals surface area contributed by atoms with Gasteiger partial charge in [0.05, 0.1) is 11.8 Å². The lowest BCUT2D eigenvalue weighted by atomic mass is 10.1. The van der Waals surface area contributed by atoms with E-state index in [-0.39, 0.29) is 5.91 Å². The average molecular weight is 294 g/mol. The van der Waals surface area contributed by atoms with E-state index in [9.17, 15) is 4.79 Å². The summed E-state index contributed by atoms with van der Waals surface area (Å²) in [6.45, 7) is 0.519. The van der Waals surface area contributed by atoms with Crippen molar-refractivity contribution in [2.75, 3.05) is 0 Å². The van der Waals surface area contributed by atoms with Crippen LogP contribution in [0.2, 0.25) is 0 Å².